The molecule has 2 aliphatic rings. The van der Waals surface area contributed by atoms with E-state index in [1.807, 2.05) is 0 Å². The summed E-state index contributed by atoms with van der Waals surface area (Å²) in [6.07, 6.45) is 1.24. The maximum Gasteiger partial charge on any atom is 0.194 e. The lowest BCUT2D eigenvalue weighted by molar-refractivity contribution is -0.0166. The van der Waals surface area contributed by atoms with Gasteiger partial charge in [-0.05, 0) is 40.3 Å². The number of guanidine groups is 1. The van der Waals surface area contributed by atoms with Crippen LogP contribution in [0.5, 0.6) is 0 Å². The Kier molecular flexibility index (Phi) is 11.4. The van der Waals surface area contributed by atoms with Crippen molar-refractivity contribution < 1.29 is 4.74 Å². The number of hydrogen-bond donors (Lipinski definition) is 1. The predicted molar refractivity (Wildman–Crippen MR) is 121 cm³/mol. The number of nitrogens with zero attached hydrogens (tertiary/aromatic N) is 4. The Morgan fingerprint density at radius 3 is 2.62 bits per heavy atom. The fourth-order valence-electron chi connectivity index (χ4n) is 4.12. The Bertz CT molecular complexity index is 419. The van der Waals surface area contributed by atoms with Crippen molar-refractivity contribution in [1.82, 2.24) is 20.0 Å². The Hall–Kier alpha value is -0.120. The number of halogens is 1. The summed E-state index contributed by atoms with van der Waals surface area (Å²) < 4.78 is 5.56. The quantitative estimate of drug-likeness (QED) is 0.343. The second kappa shape index (κ2) is 12.4. The molecule has 2 saturated heterocycles. The van der Waals surface area contributed by atoms with Gasteiger partial charge in [-0.1, -0.05) is 13.8 Å². The first-order valence-electron chi connectivity index (χ1n) is 10.2. The molecule has 2 aliphatic heterocycles. The van der Waals surface area contributed by atoms with Crippen molar-refractivity contribution >= 4 is 29.9 Å². The first kappa shape index (κ1) is 23.9. The van der Waals surface area contributed by atoms with Gasteiger partial charge in [0.2, 0.25) is 0 Å². The first-order valence-corrected chi connectivity index (χ1v) is 10.2. The molecule has 0 aromatic carbocycles. The molecule has 0 saturated carbocycles. The van der Waals surface area contributed by atoms with E-state index >= 15 is 0 Å². The average Bonchev–Trinajstić information content (AvgIpc) is 3.09. The highest BCUT2D eigenvalue weighted by Crippen LogP contribution is 2.16. The standard InChI is InChI=1S/C19H39N5O.HI/c1-6-20-19(23-10-9-18(14-23)22(7-2)8-3)21-13-16(4)24-11-12-25-15-17(24)5;/h16-18H,6-15H2,1-5H3,(H,20,21);1H. The Morgan fingerprint density at radius 1 is 1.27 bits per heavy atom. The summed E-state index contributed by atoms with van der Waals surface area (Å²) in [5, 5.41) is 3.50. The molecule has 0 aromatic heterocycles. The molecule has 7 heteroatoms. The van der Waals surface area contributed by atoms with E-state index in [9.17, 15) is 0 Å². The molecule has 0 aromatic rings. The number of likely N-dealkylation sites (N-methyl/N-ethyl adjacent to an activating group) is 1. The minimum atomic E-state index is 0. The second-order valence-corrected chi connectivity index (χ2v) is 7.32. The van der Waals surface area contributed by atoms with Gasteiger partial charge in [-0.15, -0.1) is 24.0 Å². The van der Waals surface area contributed by atoms with Gasteiger partial charge in [0.15, 0.2) is 5.96 Å². The third-order valence-corrected chi connectivity index (χ3v) is 5.62. The monoisotopic (exact) mass is 481 g/mol. The van der Waals surface area contributed by atoms with Gasteiger partial charge < -0.3 is 15.0 Å². The molecular formula is C19H40IN5O. The van der Waals surface area contributed by atoms with Crippen LogP contribution >= 0.6 is 24.0 Å². The zero-order valence-electron chi connectivity index (χ0n) is 17.4. The third kappa shape index (κ3) is 6.49. The number of hydrogen-bond acceptors (Lipinski definition) is 4. The van der Waals surface area contributed by atoms with Gasteiger partial charge in [-0.2, -0.15) is 0 Å². The van der Waals surface area contributed by atoms with E-state index in [0.29, 0.717) is 18.1 Å². The molecule has 154 valence electrons. The highest BCUT2D eigenvalue weighted by atomic mass is 127. The molecule has 2 fully saturated rings. The van der Waals surface area contributed by atoms with E-state index < -0.39 is 0 Å². The predicted octanol–water partition coefficient (Wildman–Crippen LogP) is 2.10. The van der Waals surface area contributed by atoms with Crippen LogP contribution in [0, 0.1) is 0 Å². The summed E-state index contributed by atoms with van der Waals surface area (Å²) in [6.45, 7) is 20.1. The first-order chi connectivity index (χ1) is 12.1. The van der Waals surface area contributed by atoms with Crippen LogP contribution in [-0.4, -0.2) is 97.8 Å². The van der Waals surface area contributed by atoms with E-state index in [2.05, 4.69) is 54.6 Å². The third-order valence-electron chi connectivity index (χ3n) is 5.62. The lowest BCUT2D eigenvalue weighted by Crippen LogP contribution is -2.50. The molecule has 2 heterocycles. The molecule has 3 atom stereocenters. The van der Waals surface area contributed by atoms with Crippen LogP contribution in [0.2, 0.25) is 0 Å². The topological polar surface area (TPSA) is 43.3 Å². The van der Waals surface area contributed by atoms with Crippen LogP contribution in [0.1, 0.15) is 41.0 Å². The molecule has 2 rings (SSSR count). The molecule has 0 spiro atoms. The maximum atomic E-state index is 5.56. The zero-order valence-corrected chi connectivity index (χ0v) is 19.7. The molecule has 3 unspecified atom stereocenters. The van der Waals surface area contributed by atoms with Crippen molar-refractivity contribution in [2.24, 2.45) is 4.99 Å². The molecule has 0 radical (unpaired) electrons. The average molecular weight is 481 g/mol. The highest BCUT2D eigenvalue weighted by molar-refractivity contribution is 14.0. The zero-order chi connectivity index (χ0) is 18.2. The molecule has 0 amide bonds. The van der Waals surface area contributed by atoms with Crippen molar-refractivity contribution in [3.63, 3.8) is 0 Å². The summed E-state index contributed by atoms with van der Waals surface area (Å²) >= 11 is 0. The van der Waals surface area contributed by atoms with Gasteiger partial charge in [0.05, 0.1) is 19.8 Å². The van der Waals surface area contributed by atoms with E-state index in [1.165, 1.54) is 6.42 Å². The number of likely N-dealkylation sites (tertiary alicyclic amines) is 1. The number of nitrogens with one attached hydrogen (secondary N) is 1. The van der Waals surface area contributed by atoms with Crippen LogP contribution in [-0.2, 0) is 4.74 Å². The smallest absolute Gasteiger partial charge is 0.194 e. The summed E-state index contributed by atoms with van der Waals surface area (Å²) in [5.74, 6) is 1.09. The summed E-state index contributed by atoms with van der Waals surface area (Å²) in [7, 11) is 0. The van der Waals surface area contributed by atoms with E-state index in [0.717, 1.165) is 65.0 Å². The Labute approximate surface area is 177 Å². The SMILES string of the molecule is CCNC(=NCC(C)N1CCOCC1C)N1CCC(N(CC)CC)C1.I. The maximum absolute atomic E-state index is 5.56. The van der Waals surface area contributed by atoms with Gasteiger partial charge in [0, 0.05) is 44.3 Å². The largest absolute Gasteiger partial charge is 0.379 e. The van der Waals surface area contributed by atoms with Crippen molar-refractivity contribution in [3.05, 3.63) is 0 Å². The van der Waals surface area contributed by atoms with Gasteiger partial charge in [0.25, 0.3) is 0 Å². The molecule has 0 bridgehead atoms. The summed E-state index contributed by atoms with van der Waals surface area (Å²) in [4.78, 5) is 12.5. The van der Waals surface area contributed by atoms with Crippen molar-refractivity contribution in [2.45, 2.75) is 59.2 Å². The number of aliphatic imine (C=N–C) groups is 1. The lowest BCUT2D eigenvalue weighted by atomic mass is 10.2. The molecular weight excluding hydrogens is 441 g/mol. The second-order valence-electron chi connectivity index (χ2n) is 7.32. The van der Waals surface area contributed by atoms with Crippen LogP contribution < -0.4 is 5.32 Å². The highest BCUT2D eigenvalue weighted by Gasteiger charge is 2.28. The summed E-state index contributed by atoms with van der Waals surface area (Å²) in [5.41, 5.74) is 0. The minimum absolute atomic E-state index is 0. The number of rotatable bonds is 7. The molecule has 0 aliphatic carbocycles. The van der Waals surface area contributed by atoms with Gasteiger partial charge in [0.1, 0.15) is 0 Å². The normalized spacial score (nSPS) is 26.1. The van der Waals surface area contributed by atoms with Crippen molar-refractivity contribution in [3.8, 4) is 0 Å². The molecule has 6 nitrogen and oxygen atoms in total. The van der Waals surface area contributed by atoms with E-state index in [1.54, 1.807) is 0 Å². The van der Waals surface area contributed by atoms with Crippen molar-refractivity contribution in [1.29, 1.82) is 0 Å². The number of morpholine rings is 1. The fraction of sp³-hybridized carbons (Fsp3) is 0.947. The van der Waals surface area contributed by atoms with Gasteiger partial charge >= 0.3 is 0 Å². The Morgan fingerprint density at radius 2 is 2.00 bits per heavy atom. The van der Waals surface area contributed by atoms with Crippen LogP contribution in [0.15, 0.2) is 4.99 Å². The lowest BCUT2D eigenvalue weighted by Gasteiger charge is -2.37. The van der Waals surface area contributed by atoms with Crippen LogP contribution in [0.4, 0.5) is 0 Å². The summed E-state index contributed by atoms with van der Waals surface area (Å²) in [6, 6.07) is 1.60. The minimum Gasteiger partial charge on any atom is -0.379 e. The fourth-order valence-corrected chi connectivity index (χ4v) is 4.12. The van der Waals surface area contributed by atoms with Crippen LogP contribution in [0.3, 0.4) is 0 Å². The molecule has 1 N–H and O–H groups in total. The van der Waals surface area contributed by atoms with Gasteiger partial charge in [-0.3, -0.25) is 14.8 Å². The van der Waals surface area contributed by atoms with Gasteiger partial charge in [-0.25, -0.2) is 0 Å². The number of ether oxygens (including phenoxy) is 1. The molecule has 26 heavy (non-hydrogen) atoms. The van der Waals surface area contributed by atoms with Crippen LogP contribution in [0.25, 0.3) is 0 Å². The van der Waals surface area contributed by atoms with E-state index in [4.69, 9.17) is 9.73 Å². The van der Waals surface area contributed by atoms with Crippen molar-refractivity contribution in [2.75, 3.05) is 59.0 Å². The Balaban J connectivity index is 0.00000338. The van der Waals surface area contributed by atoms with E-state index in [-0.39, 0.29) is 24.0 Å².